The topological polar surface area (TPSA) is 81.5 Å². The third-order valence-electron chi connectivity index (χ3n) is 10.0. The molecule has 46 heavy (non-hydrogen) atoms. The Morgan fingerprint density at radius 3 is 2.02 bits per heavy atom. The van der Waals surface area contributed by atoms with Gasteiger partial charge in [0.15, 0.2) is 0 Å². The highest BCUT2D eigenvalue weighted by Crippen LogP contribution is 2.34. The highest BCUT2D eigenvalue weighted by atomic mass is 32.1. The van der Waals surface area contributed by atoms with Gasteiger partial charge in [0, 0.05) is 25.5 Å². The average molecular weight is 665 g/mol. The lowest BCUT2D eigenvalue weighted by Crippen LogP contribution is -2.57. The maximum absolute atomic E-state index is 13.4. The van der Waals surface area contributed by atoms with Crippen molar-refractivity contribution < 1.29 is 23.9 Å². The van der Waals surface area contributed by atoms with Gasteiger partial charge in [0.2, 0.25) is 6.23 Å². The lowest BCUT2D eigenvalue weighted by molar-refractivity contribution is -0.947. The third kappa shape index (κ3) is 15.6. The predicted octanol–water partition coefficient (Wildman–Crippen LogP) is 10.3. The Bertz CT molecular complexity index is 933. The number of hydrogen-bond acceptors (Lipinski definition) is 7. The van der Waals surface area contributed by atoms with E-state index < -0.39 is 0 Å². The highest BCUT2D eigenvalue weighted by Gasteiger charge is 2.40. The summed E-state index contributed by atoms with van der Waals surface area (Å²) < 4.78 is 22.5. The molecule has 0 aromatic carbocycles. The first-order valence-electron chi connectivity index (χ1n) is 19.2. The minimum atomic E-state index is -0.106. The number of quaternary nitrogens is 1. The number of nitrogens with zero attached hydrogens (tertiary/aromatic N) is 3. The Hall–Kier alpha value is -1.51. The van der Waals surface area contributed by atoms with Gasteiger partial charge in [-0.2, -0.15) is 4.37 Å². The largest absolute Gasteiger partial charge is 0.475 e. The van der Waals surface area contributed by atoms with Gasteiger partial charge in [-0.15, -0.1) is 4.37 Å². The van der Waals surface area contributed by atoms with Crippen molar-refractivity contribution in [2.75, 3.05) is 33.9 Å². The van der Waals surface area contributed by atoms with Crippen LogP contribution in [0.2, 0.25) is 0 Å². The maximum atomic E-state index is 13.4. The van der Waals surface area contributed by atoms with Crippen molar-refractivity contribution in [2.45, 2.75) is 174 Å². The molecule has 2 atom stereocenters. The molecule has 2 unspecified atom stereocenters. The number of rotatable bonds is 24. The lowest BCUT2D eigenvalue weighted by atomic mass is 9.89. The molecule has 1 aromatic rings. The number of likely N-dealkylation sites (N-methyl/N-ethyl adjacent to an activating group) is 1. The van der Waals surface area contributed by atoms with E-state index >= 15 is 0 Å². The Morgan fingerprint density at radius 2 is 1.41 bits per heavy atom. The summed E-state index contributed by atoms with van der Waals surface area (Å²) in [5.74, 6) is 0.810. The molecule has 2 heterocycles. The molecule has 0 spiro atoms. The standard InChI is InChI=1S/C37H66N3O3S.CH4O/c1-4-6-8-10-11-12-13-14-15-16-17-18-22-28-34(43-37(41)32-25-20-19-21-26-32)40(3)29-24-27-33(31-40)35-36(39-44-38-35)42-30-23-9-7-5-2;1-2/h27,32,34H,4-26,28-31H2,1-3H3;2H,1H3/q+1;. The average Bonchev–Trinajstić information content (AvgIpc) is 3.56. The number of aliphatic hydroxyl groups excluding tert-OH is 1. The van der Waals surface area contributed by atoms with Gasteiger partial charge >= 0.3 is 5.97 Å². The van der Waals surface area contributed by atoms with E-state index in [4.69, 9.17) is 14.6 Å². The monoisotopic (exact) mass is 665 g/mol. The fourth-order valence-corrected chi connectivity index (χ4v) is 7.59. The zero-order valence-corrected chi connectivity index (χ0v) is 31.1. The van der Waals surface area contributed by atoms with Crippen molar-refractivity contribution in [3.8, 4) is 5.88 Å². The second-order valence-corrected chi connectivity index (χ2v) is 14.5. The molecule has 0 bridgehead atoms. The van der Waals surface area contributed by atoms with Crippen LogP contribution >= 0.6 is 11.7 Å². The second kappa shape index (κ2) is 25.5. The zero-order valence-electron chi connectivity index (χ0n) is 30.2. The van der Waals surface area contributed by atoms with Crippen LogP contribution in [0.1, 0.15) is 174 Å². The molecule has 1 fully saturated rings. The van der Waals surface area contributed by atoms with Crippen LogP contribution in [0.4, 0.5) is 0 Å². The molecule has 1 saturated carbocycles. The molecule has 1 aliphatic carbocycles. The SMILES string of the molecule is CCCCCCCCCCCCCCCC(OC(=O)C1CCCCC1)[N+]1(C)CCC=C(c2nsnc2OCCCCCC)C1.CO. The number of carbonyl (C=O) groups excluding carboxylic acids is 1. The number of ether oxygens (including phenoxy) is 2. The number of aromatic nitrogens is 2. The van der Waals surface area contributed by atoms with Crippen LogP contribution in [0.15, 0.2) is 6.08 Å². The van der Waals surface area contributed by atoms with Crippen molar-refractivity contribution >= 4 is 23.3 Å². The van der Waals surface area contributed by atoms with E-state index in [9.17, 15) is 4.79 Å². The molecule has 0 amide bonds. The smallest absolute Gasteiger partial charge is 0.313 e. The van der Waals surface area contributed by atoms with Gasteiger partial charge in [0.05, 0.1) is 37.8 Å². The van der Waals surface area contributed by atoms with E-state index in [0.717, 1.165) is 81.7 Å². The minimum absolute atomic E-state index is 0.0475. The van der Waals surface area contributed by atoms with E-state index in [2.05, 4.69) is 35.7 Å². The third-order valence-corrected chi connectivity index (χ3v) is 10.5. The van der Waals surface area contributed by atoms with Gasteiger partial charge in [-0.05, 0) is 25.7 Å². The summed E-state index contributed by atoms with van der Waals surface area (Å²) in [6, 6.07) is 0. The number of esters is 1. The summed E-state index contributed by atoms with van der Waals surface area (Å²) in [6.45, 7) is 7.00. The Labute approximate surface area is 286 Å². The van der Waals surface area contributed by atoms with Crippen LogP contribution in [0.3, 0.4) is 0 Å². The molecule has 8 heteroatoms. The van der Waals surface area contributed by atoms with Gasteiger partial charge in [-0.25, -0.2) is 0 Å². The molecule has 3 rings (SSSR count). The zero-order chi connectivity index (χ0) is 33.3. The van der Waals surface area contributed by atoms with Crippen LogP contribution in [-0.2, 0) is 9.53 Å². The first kappa shape index (κ1) is 40.7. The van der Waals surface area contributed by atoms with Gasteiger partial charge in [-0.3, -0.25) is 9.28 Å². The van der Waals surface area contributed by atoms with Gasteiger partial charge in [-0.1, -0.05) is 135 Å². The van der Waals surface area contributed by atoms with Crippen LogP contribution in [-0.4, -0.2) is 64.4 Å². The molecule has 0 radical (unpaired) electrons. The normalized spacial score (nSPS) is 19.2. The number of carbonyl (C=O) groups is 1. The summed E-state index contributed by atoms with van der Waals surface area (Å²) in [7, 11) is 3.29. The van der Waals surface area contributed by atoms with Crippen LogP contribution < -0.4 is 4.74 Å². The van der Waals surface area contributed by atoms with E-state index in [0.29, 0.717) is 12.5 Å². The summed E-state index contributed by atoms with van der Waals surface area (Å²) in [5.41, 5.74) is 2.09. The summed E-state index contributed by atoms with van der Waals surface area (Å²) >= 11 is 1.24. The summed E-state index contributed by atoms with van der Waals surface area (Å²) in [5, 5.41) is 7.00. The predicted molar refractivity (Wildman–Crippen MR) is 193 cm³/mol. The molecular weight excluding hydrogens is 595 g/mol. The molecule has 266 valence electrons. The first-order valence-corrected chi connectivity index (χ1v) is 19.9. The molecule has 0 saturated heterocycles. The number of hydrogen-bond donors (Lipinski definition) is 1. The van der Waals surface area contributed by atoms with Crippen LogP contribution in [0.25, 0.3) is 5.57 Å². The Kier molecular flexibility index (Phi) is 22.5. The molecule has 1 aromatic heterocycles. The fraction of sp³-hybridized carbons (Fsp3) is 0.868. The minimum Gasteiger partial charge on any atom is -0.475 e. The molecule has 1 N–H and O–H groups in total. The van der Waals surface area contributed by atoms with Gasteiger partial charge in [0.25, 0.3) is 5.88 Å². The molecule has 7 nitrogen and oxygen atoms in total. The van der Waals surface area contributed by atoms with Gasteiger partial charge < -0.3 is 14.6 Å². The van der Waals surface area contributed by atoms with Crippen molar-refractivity contribution in [3.63, 3.8) is 0 Å². The molecule has 2 aliphatic rings. The summed E-state index contributed by atoms with van der Waals surface area (Å²) in [6.07, 6.45) is 31.9. The lowest BCUT2D eigenvalue weighted by Gasteiger charge is -2.43. The van der Waals surface area contributed by atoms with E-state index in [1.807, 2.05) is 0 Å². The Balaban J connectivity index is 0.00000361. The summed E-state index contributed by atoms with van der Waals surface area (Å²) in [4.78, 5) is 13.4. The Morgan fingerprint density at radius 1 is 0.848 bits per heavy atom. The fourth-order valence-electron chi connectivity index (χ4n) is 7.06. The van der Waals surface area contributed by atoms with Gasteiger partial charge in [0.1, 0.15) is 12.2 Å². The van der Waals surface area contributed by atoms with Crippen LogP contribution in [0.5, 0.6) is 5.88 Å². The quantitative estimate of drug-likeness (QED) is 0.0673. The van der Waals surface area contributed by atoms with Crippen LogP contribution in [0, 0.1) is 5.92 Å². The van der Waals surface area contributed by atoms with Crippen molar-refractivity contribution in [1.29, 1.82) is 0 Å². The van der Waals surface area contributed by atoms with Crippen molar-refractivity contribution in [1.82, 2.24) is 8.75 Å². The van der Waals surface area contributed by atoms with E-state index in [-0.39, 0.29) is 18.1 Å². The maximum Gasteiger partial charge on any atom is 0.313 e. The molecular formula is C38H70N3O4S+. The van der Waals surface area contributed by atoms with E-state index in [1.54, 1.807) is 0 Å². The first-order chi connectivity index (χ1) is 22.6. The number of unbranched alkanes of at least 4 members (excludes halogenated alkanes) is 15. The highest BCUT2D eigenvalue weighted by molar-refractivity contribution is 6.99. The number of aliphatic hydroxyl groups is 1. The molecule has 1 aliphatic heterocycles. The van der Waals surface area contributed by atoms with Crippen molar-refractivity contribution in [3.05, 3.63) is 11.8 Å². The van der Waals surface area contributed by atoms with Crippen molar-refractivity contribution in [2.24, 2.45) is 5.92 Å². The van der Waals surface area contributed by atoms with E-state index in [1.165, 1.54) is 120 Å². The second-order valence-electron chi connectivity index (χ2n) is 14.0.